The summed E-state index contributed by atoms with van der Waals surface area (Å²) in [4.78, 5) is 0. The summed E-state index contributed by atoms with van der Waals surface area (Å²) in [6.07, 6.45) is 6.74. The highest BCUT2D eigenvalue weighted by molar-refractivity contribution is 5.17. The normalized spacial score (nSPS) is 59.6. The van der Waals surface area contributed by atoms with E-state index in [2.05, 4.69) is 12.2 Å². The topological polar surface area (TPSA) is 9.23 Å². The Balaban J connectivity index is 2.03. The molecule has 0 radical (unpaired) electrons. The largest absolute Gasteiger partial charge is 0.377 e. The van der Waals surface area contributed by atoms with Crippen molar-refractivity contribution in [2.45, 2.75) is 12.5 Å². The summed E-state index contributed by atoms with van der Waals surface area (Å²) in [7, 11) is 0. The lowest BCUT2D eigenvalue weighted by Gasteiger charge is -2.37. The molecule has 3 aliphatic rings. The Hall–Kier alpha value is -0.300. The van der Waals surface area contributed by atoms with E-state index in [0.29, 0.717) is 6.10 Å². The van der Waals surface area contributed by atoms with Crippen LogP contribution in [0.1, 0.15) is 6.42 Å². The van der Waals surface area contributed by atoms with Gasteiger partial charge in [-0.15, -0.1) is 0 Å². The molecule has 3 rings (SSSR count). The smallest absolute Gasteiger partial charge is 0.0693 e. The summed E-state index contributed by atoms with van der Waals surface area (Å²) < 4.78 is 5.44. The number of allylic oxidation sites excluding steroid dienone is 1. The lowest BCUT2D eigenvalue weighted by atomic mass is 9.88. The van der Waals surface area contributed by atoms with Gasteiger partial charge in [-0.1, -0.05) is 12.2 Å². The van der Waals surface area contributed by atoms with Crippen LogP contribution in [0, 0.1) is 17.8 Å². The van der Waals surface area contributed by atoms with Gasteiger partial charge in [-0.05, 0) is 12.3 Å². The van der Waals surface area contributed by atoms with Crippen molar-refractivity contribution in [2.24, 2.45) is 17.8 Å². The van der Waals surface area contributed by atoms with Crippen molar-refractivity contribution in [1.29, 1.82) is 0 Å². The predicted octanol–water partition coefficient (Wildman–Crippen LogP) is 1.21. The Morgan fingerprint density at radius 3 is 2.56 bits per heavy atom. The van der Waals surface area contributed by atoms with Crippen molar-refractivity contribution in [3.63, 3.8) is 0 Å². The zero-order chi connectivity index (χ0) is 5.84. The van der Waals surface area contributed by atoms with E-state index in [9.17, 15) is 0 Å². The van der Waals surface area contributed by atoms with Gasteiger partial charge in [0.25, 0.3) is 0 Å². The number of hydrogen-bond donors (Lipinski definition) is 0. The molecule has 1 saturated heterocycles. The summed E-state index contributed by atoms with van der Waals surface area (Å²) in [5.74, 6) is 2.61. The molecule has 1 saturated carbocycles. The summed E-state index contributed by atoms with van der Waals surface area (Å²) in [5, 5.41) is 0. The van der Waals surface area contributed by atoms with Crippen LogP contribution in [0.3, 0.4) is 0 Å². The van der Waals surface area contributed by atoms with Crippen molar-refractivity contribution in [2.75, 3.05) is 6.61 Å². The van der Waals surface area contributed by atoms with Crippen LogP contribution < -0.4 is 0 Å². The first-order chi connectivity index (χ1) is 4.45. The molecule has 4 atom stereocenters. The molecule has 0 aromatic carbocycles. The molecule has 1 nitrogen and oxygen atoms in total. The van der Waals surface area contributed by atoms with Crippen molar-refractivity contribution in [3.05, 3.63) is 12.2 Å². The second-order valence-electron chi connectivity index (χ2n) is 3.41. The second kappa shape index (κ2) is 1.24. The highest BCUT2D eigenvalue weighted by atomic mass is 16.5. The van der Waals surface area contributed by atoms with E-state index >= 15 is 0 Å². The van der Waals surface area contributed by atoms with Gasteiger partial charge in [0.2, 0.25) is 0 Å². The lowest BCUT2D eigenvalue weighted by molar-refractivity contribution is -0.118. The Morgan fingerprint density at radius 1 is 1.22 bits per heavy atom. The maximum atomic E-state index is 5.44. The molecule has 9 heavy (non-hydrogen) atoms. The first-order valence-electron chi connectivity index (χ1n) is 3.75. The molecule has 1 heteroatoms. The lowest BCUT2D eigenvalue weighted by Crippen LogP contribution is -2.42. The van der Waals surface area contributed by atoms with Crippen molar-refractivity contribution in [1.82, 2.24) is 0 Å². The minimum atomic E-state index is 0.639. The Kier molecular flexibility index (Phi) is 0.620. The van der Waals surface area contributed by atoms with E-state index in [1.54, 1.807) is 0 Å². The van der Waals surface area contributed by atoms with E-state index in [1.165, 1.54) is 6.42 Å². The van der Waals surface area contributed by atoms with Crippen molar-refractivity contribution >= 4 is 0 Å². The average molecular weight is 122 g/mol. The maximum absolute atomic E-state index is 5.44. The van der Waals surface area contributed by atoms with Crippen LogP contribution in [0.25, 0.3) is 0 Å². The molecule has 0 aromatic heterocycles. The van der Waals surface area contributed by atoms with Crippen LogP contribution in [-0.4, -0.2) is 12.7 Å². The van der Waals surface area contributed by atoms with Crippen molar-refractivity contribution < 1.29 is 4.74 Å². The molecule has 0 N–H and O–H groups in total. The van der Waals surface area contributed by atoms with E-state index in [-0.39, 0.29) is 0 Å². The molecule has 4 unspecified atom stereocenters. The fraction of sp³-hybridized carbons (Fsp3) is 0.750. The first-order valence-corrected chi connectivity index (χ1v) is 3.75. The van der Waals surface area contributed by atoms with E-state index in [0.717, 1.165) is 24.4 Å². The molecule has 1 heterocycles. The number of hydrogen-bond acceptors (Lipinski definition) is 1. The maximum Gasteiger partial charge on any atom is 0.0693 e. The van der Waals surface area contributed by atoms with Gasteiger partial charge in [0.05, 0.1) is 12.7 Å². The number of ether oxygens (including phenoxy) is 1. The average Bonchev–Trinajstić information content (AvgIpc) is 2.18. The van der Waals surface area contributed by atoms with Gasteiger partial charge in [-0.3, -0.25) is 0 Å². The number of fused-ring (bicyclic) bond motifs is 5. The molecule has 0 spiro atoms. The molecular formula is C8H10O. The Morgan fingerprint density at radius 2 is 2.11 bits per heavy atom. The van der Waals surface area contributed by atoms with E-state index in [4.69, 9.17) is 4.74 Å². The Labute approximate surface area is 54.7 Å². The van der Waals surface area contributed by atoms with Crippen LogP contribution in [-0.2, 0) is 4.74 Å². The minimum absolute atomic E-state index is 0.639. The van der Waals surface area contributed by atoms with Gasteiger partial charge < -0.3 is 4.74 Å². The highest BCUT2D eigenvalue weighted by Gasteiger charge is 2.50. The minimum Gasteiger partial charge on any atom is -0.377 e. The number of rotatable bonds is 0. The van der Waals surface area contributed by atoms with Gasteiger partial charge in [-0.25, -0.2) is 0 Å². The summed E-state index contributed by atoms with van der Waals surface area (Å²) in [6, 6.07) is 0. The Bertz CT molecular complexity index is 155. The standard InChI is InChI=1S/C8H10O/c1-2-6-3-5(1)7-4-9-8(6)7/h1-2,5-8H,3-4H2. The second-order valence-corrected chi connectivity index (χ2v) is 3.41. The van der Waals surface area contributed by atoms with Crippen LogP contribution in [0.15, 0.2) is 12.2 Å². The molecule has 1 aliphatic heterocycles. The van der Waals surface area contributed by atoms with Crippen LogP contribution in [0.5, 0.6) is 0 Å². The SMILES string of the molecule is C1=CC2CC1C1COC21. The van der Waals surface area contributed by atoms with Crippen LogP contribution in [0.2, 0.25) is 0 Å². The molecule has 2 aliphatic carbocycles. The molecule has 2 fully saturated rings. The highest BCUT2D eigenvalue weighted by Crippen LogP contribution is 2.50. The zero-order valence-electron chi connectivity index (χ0n) is 5.29. The summed E-state index contributed by atoms with van der Waals surface area (Å²) >= 11 is 0. The quantitative estimate of drug-likeness (QED) is 0.439. The molecule has 0 aromatic rings. The zero-order valence-corrected chi connectivity index (χ0v) is 5.29. The van der Waals surface area contributed by atoms with Gasteiger partial charge >= 0.3 is 0 Å². The molecular weight excluding hydrogens is 112 g/mol. The summed E-state index contributed by atoms with van der Waals surface area (Å²) in [5.41, 5.74) is 0. The third-order valence-corrected chi connectivity index (χ3v) is 3.02. The van der Waals surface area contributed by atoms with Crippen LogP contribution >= 0.6 is 0 Å². The van der Waals surface area contributed by atoms with E-state index in [1.807, 2.05) is 0 Å². The van der Waals surface area contributed by atoms with Gasteiger partial charge in [0.1, 0.15) is 0 Å². The third-order valence-electron chi connectivity index (χ3n) is 3.02. The van der Waals surface area contributed by atoms with Gasteiger partial charge in [0, 0.05) is 11.8 Å². The molecule has 2 bridgehead atoms. The predicted molar refractivity (Wildman–Crippen MR) is 34.0 cm³/mol. The monoisotopic (exact) mass is 122 g/mol. The van der Waals surface area contributed by atoms with Crippen LogP contribution in [0.4, 0.5) is 0 Å². The summed E-state index contributed by atoms with van der Waals surface area (Å²) in [6.45, 7) is 1.04. The van der Waals surface area contributed by atoms with Gasteiger partial charge in [0.15, 0.2) is 0 Å². The van der Waals surface area contributed by atoms with E-state index < -0.39 is 0 Å². The van der Waals surface area contributed by atoms with Gasteiger partial charge in [-0.2, -0.15) is 0 Å². The molecule has 0 amide bonds. The first kappa shape index (κ1) is 4.51. The van der Waals surface area contributed by atoms with Crippen molar-refractivity contribution in [3.8, 4) is 0 Å². The fourth-order valence-electron chi connectivity index (χ4n) is 2.44. The third kappa shape index (κ3) is 0.379. The molecule has 48 valence electrons. The fourth-order valence-corrected chi connectivity index (χ4v) is 2.44.